The summed E-state index contributed by atoms with van der Waals surface area (Å²) in [6.07, 6.45) is 1.84. The summed E-state index contributed by atoms with van der Waals surface area (Å²) in [6, 6.07) is 11.6. The van der Waals surface area contributed by atoms with Crippen molar-refractivity contribution in [1.29, 1.82) is 5.26 Å². The first kappa shape index (κ1) is 28.4. The molecule has 1 aromatic carbocycles. The van der Waals surface area contributed by atoms with Gasteiger partial charge in [0.25, 0.3) is 0 Å². The average Bonchev–Trinajstić information content (AvgIpc) is 3.20. The summed E-state index contributed by atoms with van der Waals surface area (Å²) in [5.74, 6) is 1.50. The SMILES string of the molecule is CCOC(=O)N1CCN(c2ccc(Nc3nc(N)n(-c4cc(N5CCCN(C(=O)CC#N)CC5)ncn4)n3)cc2)CC1. The maximum absolute atomic E-state index is 12.1. The van der Waals surface area contributed by atoms with Crippen LogP contribution in [0.3, 0.4) is 0 Å². The number of nitriles is 1. The molecule has 0 saturated carbocycles. The Hall–Kier alpha value is -5.13. The van der Waals surface area contributed by atoms with Gasteiger partial charge in [0.15, 0.2) is 5.82 Å². The molecular formula is C27H34N12O3. The fraction of sp³-hybridized carbons (Fsp3) is 0.444. The van der Waals surface area contributed by atoms with Gasteiger partial charge in [0.2, 0.25) is 17.8 Å². The van der Waals surface area contributed by atoms with Gasteiger partial charge in [-0.3, -0.25) is 4.79 Å². The third-order valence-corrected chi connectivity index (χ3v) is 7.18. The lowest BCUT2D eigenvalue weighted by Gasteiger charge is -2.35. The summed E-state index contributed by atoms with van der Waals surface area (Å²) in [5.41, 5.74) is 8.05. The van der Waals surface area contributed by atoms with Gasteiger partial charge in [-0.25, -0.2) is 14.8 Å². The first-order chi connectivity index (χ1) is 20.4. The number of nitrogen functional groups attached to an aromatic ring is 1. The van der Waals surface area contributed by atoms with Gasteiger partial charge in [0.1, 0.15) is 18.6 Å². The van der Waals surface area contributed by atoms with Crippen molar-refractivity contribution in [3.8, 4) is 11.9 Å². The Morgan fingerprint density at radius 3 is 2.43 bits per heavy atom. The highest BCUT2D eigenvalue weighted by molar-refractivity contribution is 5.78. The highest BCUT2D eigenvalue weighted by Gasteiger charge is 2.23. The Bertz CT molecular complexity index is 1430. The maximum Gasteiger partial charge on any atom is 0.409 e. The number of nitrogens with two attached hydrogens (primary N) is 1. The number of piperazine rings is 1. The monoisotopic (exact) mass is 574 g/mol. The highest BCUT2D eigenvalue weighted by atomic mass is 16.6. The summed E-state index contributed by atoms with van der Waals surface area (Å²) in [4.78, 5) is 45.0. The molecule has 42 heavy (non-hydrogen) atoms. The number of hydrogen-bond donors (Lipinski definition) is 2. The first-order valence-electron chi connectivity index (χ1n) is 13.9. The number of hydrogen-bond acceptors (Lipinski definition) is 12. The molecule has 0 aliphatic carbocycles. The molecule has 0 radical (unpaired) electrons. The van der Waals surface area contributed by atoms with E-state index in [1.807, 2.05) is 30.3 Å². The van der Waals surface area contributed by atoms with Crippen LogP contribution in [0, 0.1) is 11.3 Å². The molecule has 2 amide bonds. The number of amides is 2. The molecule has 2 fully saturated rings. The number of nitrogens with one attached hydrogen (secondary N) is 1. The topological polar surface area (TPSA) is 175 Å². The second-order valence-corrected chi connectivity index (χ2v) is 9.84. The molecule has 0 unspecified atom stereocenters. The molecule has 2 aromatic heterocycles. The zero-order chi connectivity index (χ0) is 29.5. The molecule has 2 saturated heterocycles. The van der Waals surface area contributed by atoms with Crippen LogP contribution in [0.4, 0.5) is 33.9 Å². The van der Waals surface area contributed by atoms with Crippen molar-refractivity contribution in [2.24, 2.45) is 0 Å². The minimum Gasteiger partial charge on any atom is -0.450 e. The van der Waals surface area contributed by atoms with E-state index in [1.165, 1.54) is 11.0 Å². The minimum absolute atomic E-state index is 0.112. The molecule has 2 aliphatic rings. The van der Waals surface area contributed by atoms with Crippen LogP contribution < -0.4 is 20.9 Å². The van der Waals surface area contributed by atoms with Crippen molar-refractivity contribution in [3.05, 3.63) is 36.7 Å². The molecule has 4 heterocycles. The fourth-order valence-electron chi connectivity index (χ4n) is 4.99. The number of ether oxygens (including phenoxy) is 1. The van der Waals surface area contributed by atoms with E-state index in [0.29, 0.717) is 63.5 Å². The van der Waals surface area contributed by atoms with Crippen molar-refractivity contribution in [2.75, 3.05) is 79.8 Å². The molecular weight excluding hydrogens is 540 g/mol. The van der Waals surface area contributed by atoms with Gasteiger partial charge in [-0.05, 0) is 37.6 Å². The fourth-order valence-corrected chi connectivity index (χ4v) is 4.99. The Balaban J connectivity index is 1.20. The van der Waals surface area contributed by atoms with E-state index in [4.69, 9.17) is 15.7 Å². The summed E-state index contributed by atoms with van der Waals surface area (Å²) >= 11 is 0. The normalized spacial score (nSPS) is 15.6. The van der Waals surface area contributed by atoms with Crippen molar-refractivity contribution in [1.82, 2.24) is 34.5 Å². The maximum atomic E-state index is 12.1. The number of nitrogens with zero attached hydrogens (tertiary/aromatic N) is 10. The second kappa shape index (κ2) is 13.0. The molecule has 3 N–H and O–H groups in total. The number of benzene rings is 1. The van der Waals surface area contributed by atoms with Crippen LogP contribution in [0.25, 0.3) is 5.82 Å². The molecule has 0 spiro atoms. The second-order valence-electron chi connectivity index (χ2n) is 9.84. The number of aromatic nitrogens is 5. The highest BCUT2D eigenvalue weighted by Crippen LogP contribution is 2.23. The zero-order valence-electron chi connectivity index (χ0n) is 23.5. The Morgan fingerprint density at radius 2 is 1.69 bits per heavy atom. The van der Waals surface area contributed by atoms with Gasteiger partial charge in [-0.1, -0.05) is 0 Å². The van der Waals surface area contributed by atoms with E-state index in [0.717, 1.165) is 30.9 Å². The van der Waals surface area contributed by atoms with E-state index in [2.05, 4.69) is 35.2 Å². The Morgan fingerprint density at radius 1 is 0.976 bits per heavy atom. The van der Waals surface area contributed by atoms with Crippen LogP contribution in [0.5, 0.6) is 0 Å². The van der Waals surface area contributed by atoms with Gasteiger partial charge in [0, 0.05) is 69.8 Å². The van der Waals surface area contributed by atoms with E-state index >= 15 is 0 Å². The van der Waals surface area contributed by atoms with E-state index in [1.54, 1.807) is 22.8 Å². The van der Waals surface area contributed by atoms with E-state index in [-0.39, 0.29) is 24.4 Å². The lowest BCUT2D eigenvalue weighted by molar-refractivity contribution is -0.129. The Kier molecular flexibility index (Phi) is 8.81. The zero-order valence-corrected chi connectivity index (χ0v) is 23.5. The molecule has 15 heteroatoms. The van der Waals surface area contributed by atoms with Gasteiger partial charge in [-0.2, -0.15) is 14.9 Å². The number of anilines is 5. The first-order valence-corrected chi connectivity index (χ1v) is 13.9. The van der Waals surface area contributed by atoms with Crippen molar-refractivity contribution in [3.63, 3.8) is 0 Å². The minimum atomic E-state index is -0.264. The third kappa shape index (κ3) is 6.60. The van der Waals surface area contributed by atoms with E-state index in [9.17, 15) is 9.59 Å². The molecule has 2 aliphatic heterocycles. The van der Waals surface area contributed by atoms with Crippen LogP contribution >= 0.6 is 0 Å². The summed E-state index contributed by atoms with van der Waals surface area (Å²) in [5, 5.41) is 16.5. The lowest BCUT2D eigenvalue weighted by Crippen LogP contribution is -2.49. The van der Waals surface area contributed by atoms with Gasteiger partial charge >= 0.3 is 6.09 Å². The van der Waals surface area contributed by atoms with Gasteiger partial charge in [0.05, 0.1) is 12.7 Å². The predicted octanol–water partition coefficient (Wildman–Crippen LogP) is 1.61. The summed E-state index contributed by atoms with van der Waals surface area (Å²) < 4.78 is 6.55. The molecule has 0 atom stereocenters. The Labute approximate surface area is 243 Å². The third-order valence-electron chi connectivity index (χ3n) is 7.18. The summed E-state index contributed by atoms with van der Waals surface area (Å²) in [7, 11) is 0. The van der Waals surface area contributed by atoms with Gasteiger partial charge in [-0.15, -0.1) is 5.10 Å². The number of carbonyl (C=O) groups is 2. The van der Waals surface area contributed by atoms with Gasteiger partial charge < -0.3 is 35.4 Å². The van der Waals surface area contributed by atoms with Crippen LogP contribution in [0.15, 0.2) is 36.7 Å². The standard InChI is InChI=1S/C27H34N12O3/c1-2-42-27(41)38-16-12-35(13-17-38)21-6-4-20(5-7-21)32-26-33-25(29)39(34-26)23-18-22(30-19-31-23)36-10-3-11-37(15-14-36)24(40)8-9-28/h4-7,18-19H,2-3,8,10-17H2,1H3,(H3,29,32,33,34). The van der Waals surface area contributed by atoms with Crippen LogP contribution in [-0.4, -0.2) is 105 Å². The quantitative estimate of drug-likeness (QED) is 0.418. The molecule has 5 rings (SSSR count). The van der Waals surface area contributed by atoms with Crippen LogP contribution in [0.1, 0.15) is 19.8 Å². The lowest BCUT2D eigenvalue weighted by atomic mass is 10.2. The predicted molar refractivity (Wildman–Crippen MR) is 156 cm³/mol. The average molecular weight is 575 g/mol. The molecule has 3 aromatic rings. The molecule has 220 valence electrons. The van der Waals surface area contributed by atoms with Crippen molar-refractivity contribution in [2.45, 2.75) is 19.8 Å². The smallest absolute Gasteiger partial charge is 0.409 e. The number of carbonyl (C=O) groups excluding carboxylic acids is 2. The van der Waals surface area contributed by atoms with Crippen molar-refractivity contribution < 1.29 is 14.3 Å². The summed E-state index contributed by atoms with van der Waals surface area (Å²) in [6.45, 7) is 7.28. The van der Waals surface area contributed by atoms with E-state index < -0.39 is 0 Å². The van der Waals surface area contributed by atoms with Crippen LogP contribution in [-0.2, 0) is 9.53 Å². The number of rotatable bonds is 7. The molecule has 15 nitrogen and oxygen atoms in total. The van der Waals surface area contributed by atoms with Crippen molar-refractivity contribution >= 4 is 41.1 Å². The largest absolute Gasteiger partial charge is 0.450 e. The van der Waals surface area contributed by atoms with Crippen LogP contribution in [0.2, 0.25) is 0 Å². The molecule has 0 bridgehead atoms.